The lowest BCUT2D eigenvalue weighted by Gasteiger charge is -2.45. The summed E-state index contributed by atoms with van der Waals surface area (Å²) in [5, 5.41) is 0.532. The number of nitrogens with zero attached hydrogens (tertiary/aromatic N) is 4. The molecule has 0 bridgehead atoms. The van der Waals surface area contributed by atoms with E-state index in [1.807, 2.05) is 25.1 Å². The van der Waals surface area contributed by atoms with Crippen LogP contribution >= 0.6 is 12.2 Å². The summed E-state index contributed by atoms with van der Waals surface area (Å²) in [6.45, 7) is 4.93. The highest BCUT2D eigenvalue weighted by atomic mass is 32.1. The van der Waals surface area contributed by atoms with Gasteiger partial charge < -0.3 is 20.4 Å². The molecule has 0 atom stereocenters. The number of amides is 2. The fraction of sp³-hybridized carbons (Fsp3) is 0.619. The van der Waals surface area contributed by atoms with Crippen molar-refractivity contribution in [3.05, 3.63) is 29.8 Å². The molecule has 2 saturated heterocycles. The quantitative estimate of drug-likeness (QED) is 0.732. The van der Waals surface area contributed by atoms with Gasteiger partial charge in [-0.1, -0.05) is 18.2 Å². The lowest BCUT2D eigenvalue weighted by Crippen LogP contribution is -2.53. The van der Waals surface area contributed by atoms with Crippen molar-refractivity contribution in [2.45, 2.75) is 37.1 Å². The first-order chi connectivity index (χ1) is 13.4. The number of fused-ring (bicyclic) bond motifs is 2. The molecule has 3 aliphatic rings. The van der Waals surface area contributed by atoms with E-state index in [-0.39, 0.29) is 11.4 Å². The van der Waals surface area contributed by atoms with Gasteiger partial charge in [-0.05, 0) is 62.6 Å². The van der Waals surface area contributed by atoms with Crippen molar-refractivity contribution in [3.63, 3.8) is 0 Å². The maximum atomic E-state index is 12.7. The molecule has 1 aromatic rings. The maximum Gasteiger partial charge on any atom is 0.323 e. The number of carbonyl (C=O) groups is 1. The van der Waals surface area contributed by atoms with Crippen molar-refractivity contribution in [2.75, 3.05) is 51.7 Å². The average molecular weight is 402 g/mol. The normalized spacial score (nSPS) is 22.4. The van der Waals surface area contributed by atoms with E-state index < -0.39 is 0 Å². The van der Waals surface area contributed by atoms with Gasteiger partial charge in [-0.2, -0.15) is 0 Å². The van der Waals surface area contributed by atoms with Crippen molar-refractivity contribution < 1.29 is 4.79 Å². The van der Waals surface area contributed by atoms with Crippen molar-refractivity contribution in [1.29, 1.82) is 0 Å². The van der Waals surface area contributed by atoms with Crippen LogP contribution < -0.4 is 10.6 Å². The van der Waals surface area contributed by atoms with Crippen molar-refractivity contribution in [1.82, 2.24) is 14.7 Å². The number of carbonyl (C=O) groups excluding carboxylic acids is 1. The van der Waals surface area contributed by atoms with Gasteiger partial charge >= 0.3 is 6.03 Å². The topological polar surface area (TPSA) is 56.1 Å². The van der Waals surface area contributed by atoms with Crippen molar-refractivity contribution >= 4 is 29.0 Å². The summed E-state index contributed by atoms with van der Waals surface area (Å²) in [6, 6.07) is 9.19. The van der Waals surface area contributed by atoms with Crippen LogP contribution in [-0.2, 0) is 5.41 Å². The van der Waals surface area contributed by atoms with Crippen LogP contribution in [-0.4, -0.2) is 78.7 Å². The molecule has 28 heavy (non-hydrogen) atoms. The zero-order valence-corrected chi connectivity index (χ0v) is 17.7. The number of hydrogen-bond acceptors (Lipinski definition) is 3. The molecule has 4 rings (SSSR count). The van der Waals surface area contributed by atoms with Crippen molar-refractivity contribution in [3.8, 4) is 0 Å². The van der Waals surface area contributed by atoms with E-state index in [1.165, 1.54) is 5.56 Å². The summed E-state index contributed by atoms with van der Waals surface area (Å²) in [5.74, 6) is 0. The van der Waals surface area contributed by atoms with Gasteiger partial charge in [0.15, 0.2) is 5.11 Å². The van der Waals surface area contributed by atoms with Gasteiger partial charge in [0.2, 0.25) is 0 Å². The Bertz CT molecular complexity index is 751. The zero-order chi connectivity index (χ0) is 19.9. The molecule has 7 heteroatoms. The van der Waals surface area contributed by atoms with Crippen molar-refractivity contribution in [2.24, 2.45) is 5.73 Å². The molecule has 0 saturated carbocycles. The molecule has 1 aromatic carbocycles. The minimum Gasteiger partial charge on any atom is -0.376 e. The van der Waals surface area contributed by atoms with Gasteiger partial charge in [0, 0.05) is 50.9 Å². The van der Waals surface area contributed by atoms with E-state index in [2.05, 4.69) is 28.0 Å². The first-order valence-corrected chi connectivity index (χ1v) is 10.7. The average Bonchev–Trinajstić information content (AvgIpc) is 3.02. The van der Waals surface area contributed by atoms with E-state index in [1.54, 1.807) is 4.90 Å². The van der Waals surface area contributed by atoms with E-state index in [0.29, 0.717) is 11.2 Å². The predicted molar refractivity (Wildman–Crippen MR) is 117 cm³/mol. The van der Waals surface area contributed by atoms with E-state index in [9.17, 15) is 4.79 Å². The maximum absolute atomic E-state index is 12.7. The third kappa shape index (κ3) is 3.35. The highest BCUT2D eigenvalue weighted by Crippen LogP contribution is 2.47. The Kier molecular flexibility index (Phi) is 5.22. The van der Waals surface area contributed by atoms with Crippen LogP contribution in [0.25, 0.3) is 0 Å². The number of nitrogens with two attached hydrogens (primary N) is 1. The summed E-state index contributed by atoms with van der Waals surface area (Å²) >= 11 is 5.12. The Morgan fingerprint density at radius 1 is 1.14 bits per heavy atom. The van der Waals surface area contributed by atoms with Gasteiger partial charge in [0.25, 0.3) is 0 Å². The first kappa shape index (κ1) is 19.5. The molecule has 1 spiro atoms. The molecule has 3 heterocycles. The summed E-state index contributed by atoms with van der Waals surface area (Å²) in [5.41, 5.74) is 8.33. The number of rotatable bonds is 1. The van der Waals surface area contributed by atoms with Crippen LogP contribution in [0.3, 0.4) is 0 Å². The molecular weight excluding hydrogens is 370 g/mol. The van der Waals surface area contributed by atoms with Crippen LogP contribution in [0.5, 0.6) is 0 Å². The fourth-order valence-corrected chi connectivity index (χ4v) is 5.42. The molecule has 0 unspecified atom stereocenters. The summed E-state index contributed by atoms with van der Waals surface area (Å²) in [6.07, 6.45) is 4.48. The summed E-state index contributed by atoms with van der Waals surface area (Å²) in [7, 11) is 3.66. The van der Waals surface area contributed by atoms with Gasteiger partial charge in [-0.15, -0.1) is 0 Å². The second-order valence-electron chi connectivity index (χ2n) is 8.65. The molecule has 0 aromatic heterocycles. The Morgan fingerprint density at radius 2 is 1.79 bits per heavy atom. The third-order valence-electron chi connectivity index (χ3n) is 6.89. The highest BCUT2D eigenvalue weighted by Gasteiger charge is 2.47. The smallest absolute Gasteiger partial charge is 0.323 e. The first-order valence-electron chi connectivity index (χ1n) is 10.3. The number of likely N-dealkylation sites (tertiary alicyclic amines) is 2. The molecule has 2 fully saturated rings. The molecule has 152 valence electrons. The Hall–Kier alpha value is -1.86. The monoisotopic (exact) mass is 401 g/mol. The van der Waals surface area contributed by atoms with Crippen LogP contribution in [0.4, 0.5) is 10.5 Å². The second kappa shape index (κ2) is 7.52. The van der Waals surface area contributed by atoms with E-state index in [4.69, 9.17) is 18.0 Å². The highest BCUT2D eigenvalue weighted by molar-refractivity contribution is 7.80. The number of para-hydroxylation sites is 1. The number of anilines is 1. The number of piperidine rings is 2. The second-order valence-corrected chi connectivity index (χ2v) is 9.07. The standard InChI is InChI=1S/C21H31N5OS/c1-23(2)20(27)26-15-21(17-5-3-4-6-18(17)26)9-13-24(14-10-21)16-7-11-25(12-8-16)19(22)28/h3-6,16H,7-15H2,1-2H3,(H2,22,28). The number of benzene rings is 1. The molecule has 2 N–H and O–H groups in total. The van der Waals surface area contributed by atoms with Gasteiger partial charge in [0.1, 0.15) is 0 Å². The largest absolute Gasteiger partial charge is 0.376 e. The predicted octanol–water partition coefficient (Wildman–Crippen LogP) is 2.23. The minimum absolute atomic E-state index is 0.0804. The molecule has 2 amide bonds. The third-order valence-corrected chi connectivity index (χ3v) is 7.15. The fourth-order valence-electron chi connectivity index (χ4n) is 5.24. The number of urea groups is 1. The Labute approximate surface area is 173 Å². The van der Waals surface area contributed by atoms with Crippen LogP contribution in [0.2, 0.25) is 0 Å². The zero-order valence-electron chi connectivity index (χ0n) is 16.9. The van der Waals surface area contributed by atoms with Gasteiger partial charge in [0.05, 0.1) is 0 Å². The molecule has 0 aliphatic carbocycles. The SMILES string of the molecule is CN(C)C(=O)N1CC2(CCN(C3CCN(C(N)=S)CC3)CC2)c2ccccc21. The van der Waals surface area contributed by atoms with Gasteiger partial charge in [-0.3, -0.25) is 4.90 Å². The Balaban J connectivity index is 1.45. The number of thiocarbonyl (C=S) groups is 1. The van der Waals surface area contributed by atoms with E-state index >= 15 is 0 Å². The van der Waals surface area contributed by atoms with Crippen LogP contribution in [0.15, 0.2) is 24.3 Å². The summed E-state index contributed by atoms with van der Waals surface area (Å²) in [4.78, 5) is 21.2. The lowest BCUT2D eigenvalue weighted by atomic mass is 9.74. The molecule has 0 radical (unpaired) electrons. The van der Waals surface area contributed by atoms with Gasteiger partial charge in [-0.25, -0.2) is 4.79 Å². The molecule has 6 nitrogen and oxygen atoms in total. The van der Waals surface area contributed by atoms with Crippen LogP contribution in [0.1, 0.15) is 31.2 Å². The van der Waals surface area contributed by atoms with E-state index in [0.717, 1.165) is 64.1 Å². The Morgan fingerprint density at radius 3 is 2.39 bits per heavy atom. The minimum atomic E-state index is 0.0804. The lowest BCUT2D eigenvalue weighted by molar-refractivity contribution is 0.0867. The molecule has 3 aliphatic heterocycles. The number of hydrogen-bond donors (Lipinski definition) is 1. The van der Waals surface area contributed by atoms with Crippen LogP contribution in [0, 0.1) is 0 Å². The molecular formula is C21H31N5OS. The summed E-state index contributed by atoms with van der Waals surface area (Å²) < 4.78 is 0.